The molecule has 0 aliphatic carbocycles. The molecule has 130 valence electrons. The largest absolute Gasteiger partial charge is 0.497 e. The van der Waals surface area contributed by atoms with E-state index in [0.29, 0.717) is 0 Å². The number of ether oxygens (including phenoxy) is 1. The van der Waals surface area contributed by atoms with Gasteiger partial charge >= 0.3 is 0 Å². The van der Waals surface area contributed by atoms with Crippen LogP contribution in [0.1, 0.15) is 5.56 Å². The van der Waals surface area contributed by atoms with E-state index in [2.05, 4.69) is 10.3 Å². The molecule has 0 aliphatic rings. The van der Waals surface area contributed by atoms with Crippen molar-refractivity contribution in [2.45, 2.75) is 0 Å². The fraction of sp³-hybridized carbons (Fsp3) is 0.0500. The number of hydrogen-bond acceptors (Lipinski definition) is 5. The summed E-state index contributed by atoms with van der Waals surface area (Å²) in [5, 5.41) is 13.9. The van der Waals surface area contributed by atoms with Gasteiger partial charge in [-0.05, 0) is 66.2 Å². The van der Waals surface area contributed by atoms with Crippen LogP contribution in [0, 0.1) is 10.1 Å². The van der Waals surface area contributed by atoms with Crippen LogP contribution < -0.4 is 10.1 Å². The Kier molecular flexibility index (Phi) is 5.24. The molecule has 0 bridgehead atoms. The van der Waals surface area contributed by atoms with Crippen molar-refractivity contribution >= 4 is 29.0 Å². The molecule has 3 rings (SSSR count). The van der Waals surface area contributed by atoms with E-state index in [1.54, 1.807) is 25.5 Å². The van der Waals surface area contributed by atoms with E-state index in [9.17, 15) is 10.1 Å². The Morgan fingerprint density at radius 2 is 1.50 bits per heavy atom. The van der Waals surface area contributed by atoms with Gasteiger partial charge in [-0.25, -0.2) is 0 Å². The summed E-state index contributed by atoms with van der Waals surface area (Å²) in [6.45, 7) is 0. The maximum Gasteiger partial charge on any atom is 0.269 e. The molecule has 0 saturated heterocycles. The van der Waals surface area contributed by atoms with Crippen LogP contribution in [0.3, 0.4) is 0 Å². The number of nitro benzene ring substituents is 1. The summed E-state index contributed by atoms with van der Waals surface area (Å²) >= 11 is 0. The number of nitrogens with one attached hydrogen (secondary N) is 1. The second-order valence-corrected chi connectivity index (χ2v) is 5.51. The lowest BCUT2D eigenvalue weighted by Gasteiger charge is -2.07. The maximum absolute atomic E-state index is 10.6. The lowest BCUT2D eigenvalue weighted by molar-refractivity contribution is -0.384. The third-order valence-corrected chi connectivity index (χ3v) is 3.71. The second-order valence-electron chi connectivity index (χ2n) is 5.51. The molecule has 3 aromatic rings. The zero-order valence-electron chi connectivity index (χ0n) is 14.1. The Bertz CT molecular complexity index is 903. The van der Waals surface area contributed by atoms with Crippen LogP contribution in [0.15, 0.2) is 77.8 Å². The Hall–Kier alpha value is -3.67. The van der Waals surface area contributed by atoms with E-state index in [1.165, 1.54) is 12.1 Å². The highest BCUT2D eigenvalue weighted by Gasteiger charge is 2.02. The molecule has 0 amide bonds. The molecular weight excluding hydrogens is 330 g/mol. The molecule has 6 nitrogen and oxygen atoms in total. The van der Waals surface area contributed by atoms with Crippen molar-refractivity contribution in [2.24, 2.45) is 4.99 Å². The number of non-ortho nitro benzene ring substituents is 1. The molecule has 0 saturated carbocycles. The number of rotatable bonds is 6. The van der Waals surface area contributed by atoms with Gasteiger partial charge in [-0.3, -0.25) is 15.1 Å². The normalized spacial score (nSPS) is 10.7. The second kappa shape index (κ2) is 7.94. The van der Waals surface area contributed by atoms with Gasteiger partial charge in [-0.2, -0.15) is 0 Å². The van der Waals surface area contributed by atoms with E-state index >= 15 is 0 Å². The first-order chi connectivity index (χ1) is 12.6. The minimum atomic E-state index is -0.421. The van der Waals surface area contributed by atoms with Crippen molar-refractivity contribution in [3.63, 3.8) is 0 Å². The first-order valence-corrected chi connectivity index (χ1v) is 7.94. The monoisotopic (exact) mass is 347 g/mol. The molecular formula is C20H17N3O3. The van der Waals surface area contributed by atoms with Gasteiger partial charge in [0.2, 0.25) is 0 Å². The van der Waals surface area contributed by atoms with Gasteiger partial charge in [0, 0.05) is 29.7 Å². The number of hydrogen-bond donors (Lipinski definition) is 1. The smallest absolute Gasteiger partial charge is 0.269 e. The number of nitrogens with zero attached hydrogens (tertiary/aromatic N) is 2. The molecule has 0 aliphatic heterocycles. The SMILES string of the molecule is COc1ccc(Nc2ccc(N=Cc3ccc([N+](=O)[O-])cc3)cc2)cc1. The molecule has 0 atom stereocenters. The zero-order chi connectivity index (χ0) is 18.4. The number of benzene rings is 3. The predicted molar refractivity (Wildman–Crippen MR) is 103 cm³/mol. The fourth-order valence-electron chi connectivity index (χ4n) is 2.30. The maximum atomic E-state index is 10.6. The summed E-state index contributed by atoms with van der Waals surface area (Å²) in [4.78, 5) is 14.6. The Labute approximate surface area is 150 Å². The first-order valence-electron chi connectivity index (χ1n) is 7.94. The Morgan fingerprint density at radius 3 is 2.04 bits per heavy atom. The van der Waals surface area contributed by atoms with Crippen LogP contribution in [0.25, 0.3) is 0 Å². The van der Waals surface area contributed by atoms with E-state index < -0.39 is 4.92 Å². The summed E-state index contributed by atoms with van der Waals surface area (Å²) in [6.07, 6.45) is 1.68. The quantitative estimate of drug-likeness (QED) is 0.382. The number of methoxy groups -OCH3 is 1. The summed E-state index contributed by atoms with van der Waals surface area (Å²) < 4.78 is 5.14. The van der Waals surface area contributed by atoms with Gasteiger partial charge in [0.05, 0.1) is 17.7 Å². The lowest BCUT2D eigenvalue weighted by Crippen LogP contribution is -1.90. The van der Waals surface area contributed by atoms with Crippen LogP contribution in [0.2, 0.25) is 0 Å². The lowest BCUT2D eigenvalue weighted by atomic mass is 10.2. The minimum Gasteiger partial charge on any atom is -0.497 e. The van der Waals surface area contributed by atoms with Crippen molar-refractivity contribution in [1.29, 1.82) is 0 Å². The zero-order valence-corrected chi connectivity index (χ0v) is 14.1. The average molecular weight is 347 g/mol. The topological polar surface area (TPSA) is 76.8 Å². The molecule has 0 fully saturated rings. The molecule has 26 heavy (non-hydrogen) atoms. The van der Waals surface area contributed by atoms with Crippen LogP contribution in [-0.2, 0) is 0 Å². The number of aliphatic imine (C=N–C) groups is 1. The molecule has 1 N–H and O–H groups in total. The number of anilines is 2. The van der Waals surface area contributed by atoms with Crippen molar-refractivity contribution in [1.82, 2.24) is 0 Å². The van der Waals surface area contributed by atoms with E-state index in [1.807, 2.05) is 48.5 Å². The van der Waals surface area contributed by atoms with Crippen molar-refractivity contribution in [2.75, 3.05) is 12.4 Å². The Morgan fingerprint density at radius 1 is 0.923 bits per heavy atom. The highest BCUT2D eigenvalue weighted by Crippen LogP contribution is 2.22. The van der Waals surface area contributed by atoms with Gasteiger partial charge in [-0.15, -0.1) is 0 Å². The van der Waals surface area contributed by atoms with Crippen LogP contribution in [0.5, 0.6) is 5.75 Å². The molecule has 3 aromatic carbocycles. The van der Waals surface area contributed by atoms with Gasteiger partial charge in [0.1, 0.15) is 5.75 Å². The molecule has 0 radical (unpaired) electrons. The average Bonchev–Trinajstić information content (AvgIpc) is 2.68. The molecule has 6 heteroatoms. The van der Waals surface area contributed by atoms with Gasteiger partial charge in [-0.1, -0.05) is 0 Å². The van der Waals surface area contributed by atoms with Crippen LogP contribution >= 0.6 is 0 Å². The predicted octanol–water partition coefficient (Wildman–Crippen LogP) is 5.10. The minimum absolute atomic E-state index is 0.0658. The third kappa shape index (κ3) is 4.45. The van der Waals surface area contributed by atoms with Gasteiger partial charge in [0.15, 0.2) is 0 Å². The first kappa shape index (κ1) is 17.2. The fourth-order valence-corrected chi connectivity index (χ4v) is 2.30. The van der Waals surface area contributed by atoms with Crippen LogP contribution in [-0.4, -0.2) is 18.2 Å². The molecule has 0 unspecified atom stereocenters. The van der Waals surface area contributed by atoms with Crippen molar-refractivity contribution in [3.8, 4) is 5.75 Å². The van der Waals surface area contributed by atoms with E-state index in [0.717, 1.165) is 28.4 Å². The van der Waals surface area contributed by atoms with Gasteiger partial charge in [0.25, 0.3) is 5.69 Å². The van der Waals surface area contributed by atoms with Crippen molar-refractivity contribution in [3.05, 3.63) is 88.5 Å². The van der Waals surface area contributed by atoms with Crippen LogP contribution in [0.4, 0.5) is 22.7 Å². The molecule has 0 spiro atoms. The Balaban J connectivity index is 1.64. The summed E-state index contributed by atoms with van der Waals surface area (Å²) in [5.74, 6) is 0.812. The van der Waals surface area contributed by atoms with E-state index in [4.69, 9.17) is 4.74 Å². The number of nitro groups is 1. The summed E-state index contributed by atoms with van der Waals surface area (Å²) in [6, 6.07) is 21.6. The van der Waals surface area contributed by atoms with Crippen molar-refractivity contribution < 1.29 is 9.66 Å². The summed E-state index contributed by atoms with van der Waals surface area (Å²) in [7, 11) is 1.64. The van der Waals surface area contributed by atoms with E-state index in [-0.39, 0.29) is 5.69 Å². The molecule has 0 aromatic heterocycles. The molecule has 0 heterocycles. The highest BCUT2D eigenvalue weighted by molar-refractivity contribution is 5.82. The highest BCUT2D eigenvalue weighted by atomic mass is 16.6. The van der Waals surface area contributed by atoms with Gasteiger partial charge < -0.3 is 10.1 Å². The standard InChI is InChI=1S/C20H17N3O3/c1-26-20-12-8-18(9-13-20)22-17-6-4-16(5-7-17)21-14-15-2-10-19(11-3-15)23(24)25/h2-14,22H,1H3. The third-order valence-electron chi connectivity index (χ3n) is 3.71. The summed E-state index contributed by atoms with van der Waals surface area (Å²) in [5.41, 5.74) is 3.58.